The molecule has 1 saturated heterocycles. The van der Waals surface area contributed by atoms with Gasteiger partial charge in [0.15, 0.2) is 0 Å². The van der Waals surface area contributed by atoms with Gasteiger partial charge in [-0.3, -0.25) is 9.78 Å². The van der Waals surface area contributed by atoms with Crippen LogP contribution < -0.4 is 10.6 Å². The van der Waals surface area contributed by atoms with Crippen molar-refractivity contribution < 1.29 is 4.79 Å². The van der Waals surface area contributed by atoms with E-state index in [4.69, 9.17) is 0 Å². The smallest absolute Gasteiger partial charge is 0.251 e. The average Bonchev–Trinajstić information content (AvgIpc) is 2.96. The van der Waals surface area contributed by atoms with E-state index in [-0.39, 0.29) is 5.91 Å². The van der Waals surface area contributed by atoms with Gasteiger partial charge in [0.2, 0.25) is 0 Å². The van der Waals surface area contributed by atoms with Gasteiger partial charge in [-0.2, -0.15) is 0 Å². The number of carbonyl (C=O) groups is 1. The van der Waals surface area contributed by atoms with Gasteiger partial charge in [0, 0.05) is 43.5 Å². The van der Waals surface area contributed by atoms with Crippen LogP contribution in [0.3, 0.4) is 0 Å². The summed E-state index contributed by atoms with van der Waals surface area (Å²) in [6.45, 7) is 2.70. The lowest BCUT2D eigenvalue weighted by atomic mass is 9.86. The van der Waals surface area contributed by atoms with Gasteiger partial charge in [-0.25, -0.2) is 0 Å². The van der Waals surface area contributed by atoms with Crippen LogP contribution in [0, 0.1) is 5.92 Å². The Labute approximate surface area is 123 Å². The van der Waals surface area contributed by atoms with E-state index in [0.29, 0.717) is 11.8 Å². The Hall–Kier alpha value is -2.20. The highest BCUT2D eigenvalue weighted by molar-refractivity contribution is 5.97. The number of aromatic nitrogens is 1. The molecule has 4 heteroatoms. The summed E-state index contributed by atoms with van der Waals surface area (Å²) in [4.78, 5) is 16.4. The van der Waals surface area contributed by atoms with E-state index in [9.17, 15) is 4.79 Å². The van der Waals surface area contributed by atoms with Crippen molar-refractivity contribution in [3.8, 4) is 11.1 Å². The van der Waals surface area contributed by atoms with Crippen LogP contribution in [0.2, 0.25) is 0 Å². The molecule has 4 nitrogen and oxygen atoms in total. The number of hydrogen-bond acceptors (Lipinski definition) is 3. The predicted octanol–water partition coefficient (Wildman–Crippen LogP) is 1.79. The average molecular weight is 279 g/mol. The minimum atomic E-state index is 0.0512. The van der Waals surface area contributed by atoms with Gasteiger partial charge >= 0.3 is 0 Å². The van der Waals surface area contributed by atoms with Crippen LogP contribution in [-0.4, -0.2) is 30.5 Å². The molecule has 2 aliphatic heterocycles. The highest BCUT2D eigenvalue weighted by atomic mass is 16.1. The van der Waals surface area contributed by atoms with Crippen molar-refractivity contribution in [2.75, 3.05) is 19.6 Å². The molecule has 2 atom stereocenters. The van der Waals surface area contributed by atoms with Gasteiger partial charge in [0.05, 0.1) is 0 Å². The number of fused-ring (bicyclic) bond motifs is 3. The molecule has 0 unspecified atom stereocenters. The zero-order chi connectivity index (χ0) is 14.2. The Balaban J connectivity index is 1.82. The molecule has 106 valence electrons. The van der Waals surface area contributed by atoms with Gasteiger partial charge in [-0.15, -0.1) is 0 Å². The molecule has 2 N–H and O–H groups in total. The zero-order valence-corrected chi connectivity index (χ0v) is 11.7. The second kappa shape index (κ2) is 4.97. The minimum absolute atomic E-state index is 0.0512. The summed E-state index contributed by atoms with van der Waals surface area (Å²) in [5, 5.41) is 6.49. The van der Waals surface area contributed by atoms with Crippen molar-refractivity contribution in [3.05, 3.63) is 53.9 Å². The second-order valence-corrected chi connectivity index (χ2v) is 5.77. The Morgan fingerprint density at radius 3 is 2.71 bits per heavy atom. The number of rotatable bonds is 1. The summed E-state index contributed by atoms with van der Waals surface area (Å²) in [6.07, 6.45) is 3.55. The largest absolute Gasteiger partial charge is 0.352 e. The van der Waals surface area contributed by atoms with Gasteiger partial charge < -0.3 is 10.6 Å². The Kier molecular flexibility index (Phi) is 2.97. The molecule has 0 saturated carbocycles. The summed E-state index contributed by atoms with van der Waals surface area (Å²) in [7, 11) is 0. The van der Waals surface area contributed by atoms with Gasteiger partial charge in [0.25, 0.3) is 5.91 Å². The van der Waals surface area contributed by atoms with Crippen LogP contribution in [0.5, 0.6) is 0 Å². The number of carbonyl (C=O) groups excluding carboxylic acids is 1. The van der Waals surface area contributed by atoms with Gasteiger partial charge in [0.1, 0.15) is 0 Å². The molecule has 21 heavy (non-hydrogen) atoms. The SMILES string of the molecule is O=C1NC[C@@H]2CNC[C@H]2c2ccc(-c3ccncc3)cc21. The lowest BCUT2D eigenvalue weighted by molar-refractivity contribution is 0.0952. The maximum atomic E-state index is 12.4. The van der Waals surface area contributed by atoms with Crippen LogP contribution >= 0.6 is 0 Å². The highest BCUT2D eigenvalue weighted by Gasteiger charge is 2.34. The summed E-state index contributed by atoms with van der Waals surface area (Å²) in [6, 6.07) is 10.2. The van der Waals surface area contributed by atoms with Crippen LogP contribution in [0.25, 0.3) is 11.1 Å². The van der Waals surface area contributed by atoms with Crippen molar-refractivity contribution in [1.82, 2.24) is 15.6 Å². The standard InChI is InChI=1S/C17H17N3O/c21-17-15-7-12(11-3-5-18-6-4-11)1-2-14(15)16-10-19-8-13(16)9-20-17/h1-7,13,16,19H,8-10H2,(H,20,21)/t13-,16+/m0/s1. The Morgan fingerprint density at radius 2 is 1.86 bits per heavy atom. The van der Waals surface area contributed by atoms with Gasteiger partial charge in [-0.05, 0) is 40.8 Å². The van der Waals surface area contributed by atoms with E-state index >= 15 is 0 Å². The molecular weight excluding hydrogens is 262 g/mol. The third-order valence-electron chi connectivity index (χ3n) is 4.58. The van der Waals surface area contributed by atoms with E-state index in [1.54, 1.807) is 12.4 Å². The summed E-state index contributed by atoms with van der Waals surface area (Å²) in [5.74, 6) is 0.989. The fraction of sp³-hybridized carbons (Fsp3) is 0.294. The maximum absolute atomic E-state index is 12.4. The number of pyridine rings is 1. The maximum Gasteiger partial charge on any atom is 0.251 e. The molecule has 1 fully saturated rings. The van der Waals surface area contributed by atoms with Crippen molar-refractivity contribution >= 4 is 5.91 Å². The zero-order valence-electron chi connectivity index (χ0n) is 11.7. The van der Waals surface area contributed by atoms with E-state index in [1.165, 1.54) is 5.56 Å². The molecule has 0 aliphatic carbocycles. The first-order valence-corrected chi connectivity index (χ1v) is 7.36. The quantitative estimate of drug-likeness (QED) is 0.837. The number of hydrogen-bond donors (Lipinski definition) is 2. The fourth-order valence-corrected chi connectivity index (χ4v) is 3.43. The monoisotopic (exact) mass is 279 g/mol. The highest BCUT2D eigenvalue weighted by Crippen LogP contribution is 2.34. The third-order valence-corrected chi connectivity index (χ3v) is 4.58. The lowest BCUT2D eigenvalue weighted by Crippen LogP contribution is -2.28. The number of benzene rings is 1. The first kappa shape index (κ1) is 12.5. The van der Waals surface area contributed by atoms with Crippen molar-refractivity contribution in [3.63, 3.8) is 0 Å². The molecule has 0 bridgehead atoms. The molecule has 0 radical (unpaired) electrons. The molecule has 1 aromatic heterocycles. The van der Waals surface area contributed by atoms with Gasteiger partial charge in [-0.1, -0.05) is 12.1 Å². The first-order valence-electron chi connectivity index (χ1n) is 7.36. The summed E-state index contributed by atoms with van der Waals surface area (Å²) < 4.78 is 0. The van der Waals surface area contributed by atoms with Crippen molar-refractivity contribution in [2.45, 2.75) is 5.92 Å². The summed E-state index contributed by atoms with van der Waals surface area (Å²) in [5.41, 5.74) is 4.15. The van der Waals surface area contributed by atoms with Crippen LogP contribution in [0.1, 0.15) is 21.8 Å². The molecular formula is C17H17N3O. The molecule has 1 aromatic carbocycles. The molecule has 2 aliphatic rings. The molecule has 3 heterocycles. The summed E-state index contributed by atoms with van der Waals surface area (Å²) >= 11 is 0. The second-order valence-electron chi connectivity index (χ2n) is 5.77. The van der Waals surface area contributed by atoms with Crippen LogP contribution in [0.4, 0.5) is 0 Å². The predicted molar refractivity (Wildman–Crippen MR) is 81.1 cm³/mol. The molecule has 2 aromatic rings. The Bertz CT molecular complexity index is 684. The third kappa shape index (κ3) is 2.12. The number of amides is 1. The lowest BCUT2D eigenvalue weighted by Gasteiger charge is -2.16. The van der Waals surface area contributed by atoms with E-state index < -0.39 is 0 Å². The molecule has 4 rings (SSSR count). The number of nitrogens with zero attached hydrogens (tertiary/aromatic N) is 1. The topological polar surface area (TPSA) is 54.0 Å². The Morgan fingerprint density at radius 1 is 1.00 bits per heavy atom. The van der Waals surface area contributed by atoms with Crippen molar-refractivity contribution in [2.24, 2.45) is 5.92 Å². The molecule has 1 amide bonds. The first-order chi connectivity index (χ1) is 10.3. The fourth-order valence-electron chi connectivity index (χ4n) is 3.43. The normalized spacial score (nSPS) is 23.9. The molecule has 0 spiro atoms. The van der Waals surface area contributed by atoms with E-state index in [0.717, 1.165) is 36.3 Å². The van der Waals surface area contributed by atoms with Crippen LogP contribution in [0.15, 0.2) is 42.7 Å². The van der Waals surface area contributed by atoms with Crippen LogP contribution in [-0.2, 0) is 0 Å². The van der Waals surface area contributed by atoms with Crippen molar-refractivity contribution in [1.29, 1.82) is 0 Å². The van der Waals surface area contributed by atoms with E-state index in [2.05, 4.69) is 27.8 Å². The number of nitrogens with one attached hydrogen (secondary N) is 2. The minimum Gasteiger partial charge on any atom is -0.352 e. The van der Waals surface area contributed by atoms with E-state index in [1.807, 2.05) is 18.2 Å².